The van der Waals surface area contributed by atoms with E-state index in [0.717, 1.165) is 37.2 Å². The molecule has 107 valence electrons. The Hall–Kier alpha value is -2.29. The number of amides is 1. The van der Waals surface area contributed by atoms with Crippen molar-refractivity contribution in [2.45, 2.75) is 18.9 Å². The van der Waals surface area contributed by atoms with Gasteiger partial charge in [0.25, 0.3) is 5.91 Å². The first-order valence-corrected chi connectivity index (χ1v) is 7.30. The molecule has 1 aliphatic rings. The van der Waals surface area contributed by atoms with E-state index < -0.39 is 0 Å². The van der Waals surface area contributed by atoms with Gasteiger partial charge in [-0.25, -0.2) is 0 Å². The predicted octanol–water partition coefficient (Wildman–Crippen LogP) is 3.17. The van der Waals surface area contributed by atoms with Crippen molar-refractivity contribution in [1.82, 2.24) is 4.90 Å². The van der Waals surface area contributed by atoms with Crippen LogP contribution in [-0.4, -0.2) is 30.0 Å². The molecule has 21 heavy (non-hydrogen) atoms. The van der Waals surface area contributed by atoms with Crippen molar-refractivity contribution in [2.24, 2.45) is 0 Å². The molecule has 0 spiro atoms. The van der Waals surface area contributed by atoms with E-state index in [0.29, 0.717) is 0 Å². The molecule has 1 radical (unpaired) electrons. The molecule has 0 atom stereocenters. The standard InChI is InChI=1S/C18H18NO2/c20-18(15-7-3-1-4-8-15)19-13-11-17(12-14-19)21-16-9-5-2-6-10-16/h1,3-10,17H,11-14H2. The summed E-state index contributed by atoms with van der Waals surface area (Å²) in [6, 6.07) is 20.0. The molecule has 3 rings (SSSR count). The highest BCUT2D eigenvalue weighted by Crippen LogP contribution is 2.19. The van der Waals surface area contributed by atoms with Crippen molar-refractivity contribution in [3.8, 4) is 5.75 Å². The first-order valence-electron chi connectivity index (χ1n) is 7.30. The third kappa shape index (κ3) is 3.43. The summed E-state index contributed by atoms with van der Waals surface area (Å²) in [7, 11) is 0. The maximum Gasteiger partial charge on any atom is 0.253 e. The molecule has 2 aromatic carbocycles. The number of carbonyl (C=O) groups is 1. The molecular formula is C18H18NO2. The Labute approximate surface area is 125 Å². The third-order valence-electron chi connectivity index (χ3n) is 3.74. The minimum absolute atomic E-state index is 0.114. The molecule has 0 aliphatic carbocycles. The lowest BCUT2D eigenvalue weighted by Gasteiger charge is -2.32. The highest BCUT2D eigenvalue weighted by atomic mass is 16.5. The Balaban J connectivity index is 1.54. The molecule has 3 nitrogen and oxygen atoms in total. The fraction of sp³-hybridized carbons (Fsp3) is 0.278. The minimum Gasteiger partial charge on any atom is -0.490 e. The summed E-state index contributed by atoms with van der Waals surface area (Å²) in [5, 5.41) is 0. The molecule has 0 N–H and O–H groups in total. The summed E-state index contributed by atoms with van der Waals surface area (Å²) >= 11 is 0. The number of rotatable bonds is 3. The average molecular weight is 280 g/mol. The van der Waals surface area contributed by atoms with Crippen molar-refractivity contribution in [3.05, 3.63) is 66.2 Å². The number of carbonyl (C=O) groups excluding carboxylic acids is 1. The van der Waals surface area contributed by atoms with Gasteiger partial charge >= 0.3 is 0 Å². The van der Waals surface area contributed by atoms with Crippen LogP contribution in [0.4, 0.5) is 0 Å². The molecule has 1 amide bonds. The third-order valence-corrected chi connectivity index (χ3v) is 3.74. The van der Waals surface area contributed by atoms with Gasteiger partial charge in [-0.05, 0) is 30.3 Å². The molecule has 0 unspecified atom stereocenters. The van der Waals surface area contributed by atoms with E-state index in [1.54, 1.807) is 0 Å². The van der Waals surface area contributed by atoms with Gasteiger partial charge in [0.05, 0.1) is 0 Å². The lowest BCUT2D eigenvalue weighted by atomic mass is 10.1. The molecule has 3 heteroatoms. The molecule has 2 aromatic rings. The van der Waals surface area contributed by atoms with Crippen molar-refractivity contribution in [2.75, 3.05) is 13.1 Å². The lowest BCUT2D eigenvalue weighted by Crippen LogP contribution is -2.41. The number of hydrogen-bond acceptors (Lipinski definition) is 2. The maximum absolute atomic E-state index is 12.3. The summed E-state index contributed by atoms with van der Waals surface area (Å²) < 4.78 is 5.93. The monoisotopic (exact) mass is 280 g/mol. The Kier molecular flexibility index (Phi) is 4.20. The van der Waals surface area contributed by atoms with Gasteiger partial charge in [0.15, 0.2) is 0 Å². The molecule has 1 heterocycles. The van der Waals surface area contributed by atoms with Crippen LogP contribution < -0.4 is 4.74 Å². The Morgan fingerprint density at radius 3 is 2.38 bits per heavy atom. The second kappa shape index (κ2) is 6.44. The fourth-order valence-electron chi connectivity index (χ4n) is 2.58. The van der Waals surface area contributed by atoms with Gasteiger partial charge < -0.3 is 9.64 Å². The van der Waals surface area contributed by atoms with Crippen LogP contribution in [0.15, 0.2) is 54.6 Å². The molecule has 1 aliphatic heterocycles. The number of likely N-dealkylation sites (tertiary alicyclic amines) is 1. The molecule has 0 saturated carbocycles. The van der Waals surface area contributed by atoms with Crippen LogP contribution in [0.25, 0.3) is 0 Å². The molecule has 1 saturated heterocycles. The lowest BCUT2D eigenvalue weighted by molar-refractivity contribution is 0.0595. The molecule has 0 aromatic heterocycles. The Morgan fingerprint density at radius 1 is 1.05 bits per heavy atom. The van der Waals surface area contributed by atoms with E-state index in [-0.39, 0.29) is 12.0 Å². The highest BCUT2D eigenvalue weighted by Gasteiger charge is 2.24. The van der Waals surface area contributed by atoms with Gasteiger partial charge in [-0.15, -0.1) is 0 Å². The van der Waals surface area contributed by atoms with Crippen LogP contribution in [0, 0.1) is 6.07 Å². The summed E-state index contributed by atoms with van der Waals surface area (Å²) in [5.41, 5.74) is 0.760. The highest BCUT2D eigenvalue weighted by molar-refractivity contribution is 5.94. The smallest absolute Gasteiger partial charge is 0.253 e. The van der Waals surface area contributed by atoms with Crippen LogP contribution in [-0.2, 0) is 0 Å². The summed E-state index contributed by atoms with van der Waals surface area (Å²) in [5.74, 6) is 0.991. The van der Waals surface area contributed by atoms with E-state index in [4.69, 9.17) is 4.74 Å². The van der Waals surface area contributed by atoms with Crippen molar-refractivity contribution >= 4 is 5.91 Å². The first-order chi connectivity index (χ1) is 10.3. The number of ether oxygens (including phenoxy) is 1. The van der Waals surface area contributed by atoms with Gasteiger partial charge in [-0.2, -0.15) is 0 Å². The summed E-state index contributed by atoms with van der Waals surface area (Å²) in [4.78, 5) is 14.3. The summed E-state index contributed by atoms with van der Waals surface area (Å²) in [6.45, 7) is 1.49. The van der Waals surface area contributed by atoms with Gasteiger partial charge in [0, 0.05) is 31.5 Å². The van der Waals surface area contributed by atoms with E-state index >= 15 is 0 Å². The zero-order valence-electron chi connectivity index (χ0n) is 11.9. The number of benzene rings is 2. The van der Waals surface area contributed by atoms with E-state index in [2.05, 4.69) is 6.07 Å². The molecule has 1 fully saturated rings. The molecular weight excluding hydrogens is 262 g/mol. The Bertz CT molecular complexity index is 575. The normalized spacial score (nSPS) is 15.7. The average Bonchev–Trinajstić information content (AvgIpc) is 2.57. The topological polar surface area (TPSA) is 29.5 Å². The Morgan fingerprint density at radius 2 is 1.71 bits per heavy atom. The summed E-state index contributed by atoms with van der Waals surface area (Å²) in [6.07, 6.45) is 1.93. The first kappa shape index (κ1) is 13.7. The van der Waals surface area contributed by atoms with Crippen LogP contribution in [0.3, 0.4) is 0 Å². The number of nitrogens with zero attached hydrogens (tertiary/aromatic N) is 1. The SMILES string of the molecule is O=C(c1ccccc1)N1CCC(Oc2cc[c]cc2)CC1. The van der Waals surface area contributed by atoms with Gasteiger partial charge in [0.1, 0.15) is 11.9 Å². The largest absolute Gasteiger partial charge is 0.490 e. The van der Waals surface area contributed by atoms with Crippen molar-refractivity contribution in [1.29, 1.82) is 0 Å². The predicted molar refractivity (Wildman–Crippen MR) is 81.3 cm³/mol. The second-order valence-electron chi connectivity index (χ2n) is 5.21. The van der Waals surface area contributed by atoms with E-state index in [1.807, 2.05) is 59.5 Å². The van der Waals surface area contributed by atoms with Gasteiger partial charge in [-0.3, -0.25) is 4.79 Å². The fourth-order valence-corrected chi connectivity index (χ4v) is 2.58. The maximum atomic E-state index is 12.3. The van der Waals surface area contributed by atoms with E-state index in [1.165, 1.54) is 0 Å². The minimum atomic E-state index is 0.114. The molecule has 0 bridgehead atoms. The van der Waals surface area contributed by atoms with Gasteiger partial charge in [0.2, 0.25) is 0 Å². The quantitative estimate of drug-likeness (QED) is 0.864. The van der Waals surface area contributed by atoms with Crippen LogP contribution in [0.1, 0.15) is 23.2 Å². The van der Waals surface area contributed by atoms with Crippen LogP contribution in [0.5, 0.6) is 5.75 Å². The number of hydrogen-bond donors (Lipinski definition) is 0. The zero-order chi connectivity index (χ0) is 14.5. The van der Waals surface area contributed by atoms with Crippen LogP contribution in [0.2, 0.25) is 0 Å². The second-order valence-corrected chi connectivity index (χ2v) is 5.21. The van der Waals surface area contributed by atoms with Crippen molar-refractivity contribution < 1.29 is 9.53 Å². The number of piperidine rings is 1. The van der Waals surface area contributed by atoms with Crippen molar-refractivity contribution in [3.63, 3.8) is 0 Å². The van der Waals surface area contributed by atoms with Crippen LogP contribution >= 0.6 is 0 Å². The zero-order valence-corrected chi connectivity index (χ0v) is 11.9. The van der Waals surface area contributed by atoms with E-state index in [9.17, 15) is 4.79 Å². The van der Waals surface area contributed by atoms with Gasteiger partial charge in [-0.1, -0.05) is 30.3 Å².